The quantitative estimate of drug-likeness (QED) is 0.892. The highest BCUT2D eigenvalue weighted by Crippen LogP contribution is 2.27. The van der Waals surface area contributed by atoms with E-state index in [1.54, 1.807) is 17.0 Å². The number of carbonyl (C=O) groups is 1. The normalized spacial score (nSPS) is 16.5. The molecular formula is C20H27FN4O. The molecule has 1 N–H and O–H groups in total. The molecule has 2 aromatic rings. The second kappa shape index (κ2) is 7.99. The van der Waals surface area contributed by atoms with Crippen molar-refractivity contribution in [2.24, 2.45) is 0 Å². The van der Waals surface area contributed by atoms with E-state index in [9.17, 15) is 9.18 Å². The largest absolute Gasteiger partial charge is 0.340 e. The van der Waals surface area contributed by atoms with Gasteiger partial charge in [0.2, 0.25) is 5.91 Å². The van der Waals surface area contributed by atoms with Crippen molar-refractivity contribution >= 4 is 5.91 Å². The first-order valence-electron chi connectivity index (χ1n) is 9.22. The lowest BCUT2D eigenvalue weighted by Gasteiger charge is -2.36. The molecule has 0 bridgehead atoms. The van der Waals surface area contributed by atoms with Gasteiger partial charge < -0.3 is 4.90 Å². The van der Waals surface area contributed by atoms with Gasteiger partial charge in [0.05, 0.1) is 5.69 Å². The van der Waals surface area contributed by atoms with Crippen LogP contribution < -0.4 is 0 Å². The van der Waals surface area contributed by atoms with Crippen LogP contribution in [0, 0.1) is 19.7 Å². The van der Waals surface area contributed by atoms with E-state index in [0.717, 1.165) is 48.4 Å². The maximum atomic E-state index is 13.4. The maximum absolute atomic E-state index is 13.4. The van der Waals surface area contributed by atoms with Gasteiger partial charge in [-0.15, -0.1) is 0 Å². The highest BCUT2D eigenvalue weighted by molar-refractivity contribution is 5.83. The predicted octanol–water partition coefficient (Wildman–Crippen LogP) is 3.35. The van der Waals surface area contributed by atoms with E-state index in [-0.39, 0.29) is 17.8 Å². The Labute approximate surface area is 154 Å². The zero-order chi connectivity index (χ0) is 18.7. The number of halogens is 1. The number of H-pyrrole nitrogens is 1. The molecule has 1 amide bonds. The lowest BCUT2D eigenvalue weighted by Crippen LogP contribution is -2.43. The van der Waals surface area contributed by atoms with E-state index in [2.05, 4.69) is 15.1 Å². The highest BCUT2D eigenvalue weighted by Gasteiger charge is 2.31. The van der Waals surface area contributed by atoms with Gasteiger partial charge in [-0.3, -0.25) is 14.8 Å². The number of aromatic amines is 1. The van der Waals surface area contributed by atoms with Gasteiger partial charge in [-0.05, 0) is 57.5 Å². The second-order valence-corrected chi connectivity index (χ2v) is 7.16. The Hall–Kier alpha value is -2.21. The van der Waals surface area contributed by atoms with Gasteiger partial charge in [-0.25, -0.2) is 4.39 Å². The van der Waals surface area contributed by atoms with Gasteiger partial charge >= 0.3 is 0 Å². The molecule has 1 aromatic heterocycles. The first-order chi connectivity index (χ1) is 12.5. The summed E-state index contributed by atoms with van der Waals surface area (Å²) in [5.74, 6) is -0.241. The van der Waals surface area contributed by atoms with Crippen LogP contribution >= 0.6 is 0 Å². The first-order valence-corrected chi connectivity index (χ1v) is 9.22. The molecule has 26 heavy (non-hydrogen) atoms. The third-order valence-corrected chi connectivity index (χ3v) is 5.23. The van der Waals surface area contributed by atoms with Gasteiger partial charge in [-0.1, -0.05) is 18.6 Å². The third kappa shape index (κ3) is 3.96. The monoisotopic (exact) mass is 358 g/mol. The van der Waals surface area contributed by atoms with Crippen LogP contribution in [-0.4, -0.2) is 46.0 Å². The summed E-state index contributed by atoms with van der Waals surface area (Å²) in [4.78, 5) is 17.3. The molecule has 3 rings (SSSR count). The minimum atomic E-state index is -0.367. The summed E-state index contributed by atoms with van der Waals surface area (Å²) in [6.07, 6.45) is 3.38. The molecule has 1 saturated heterocycles. The zero-order valence-corrected chi connectivity index (χ0v) is 15.8. The topological polar surface area (TPSA) is 52.2 Å². The van der Waals surface area contributed by atoms with Crippen molar-refractivity contribution in [2.45, 2.75) is 45.7 Å². The van der Waals surface area contributed by atoms with Crippen LogP contribution in [0.15, 0.2) is 24.3 Å². The number of nitrogens with zero attached hydrogens (tertiary/aromatic N) is 3. The Balaban J connectivity index is 1.85. The van der Waals surface area contributed by atoms with Gasteiger partial charge in [0.1, 0.15) is 11.9 Å². The molecule has 0 unspecified atom stereocenters. The van der Waals surface area contributed by atoms with Gasteiger partial charge in [-0.2, -0.15) is 5.10 Å². The highest BCUT2D eigenvalue weighted by atomic mass is 19.1. The Morgan fingerprint density at radius 2 is 1.88 bits per heavy atom. The number of likely N-dealkylation sites (tertiary alicyclic amines) is 1. The van der Waals surface area contributed by atoms with Crippen molar-refractivity contribution in [3.63, 3.8) is 0 Å². The minimum Gasteiger partial charge on any atom is -0.340 e. The summed E-state index contributed by atoms with van der Waals surface area (Å²) in [6.45, 7) is 6.21. The number of hydrogen-bond donors (Lipinski definition) is 1. The average Bonchev–Trinajstić information content (AvgIpc) is 2.96. The fourth-order valence-corrected chi connectivity index (χ4v) is 3.66. The second-order valence-electron chi connectivity index (χ2n) is 7.16. The van der Waals surface area contributed by atoms with Crippen LogP contribution in [0.5, 0.6) is 0 Å². The number of aryl methyl sites for hydroxylation is 2. The van der Waals surface area contributed by atoms with Gasteiger partial charge in [0, 0.05) is 24.8 Å². The SMILES string of the molecule is Cc1n[nH]c(C)c1CN(C)C(=O)[C@@H](c1ccc(F)cc1)N1CCCCC1. The van der Waals surface area contributed by atoms with Gasteiger partial charge in [0.15, 0.2) is 0 Å². The molecule has 1 aromatic carbocycles. The van der Waals surface area contributed by atoms with Crippen LogP contribution in [0.4, 0.5) is 4.39 Å². The Kier molecular flexibility index (Phi) is 5.71. The Bertz CT molecular complexity index is 730. The number of hydrogen-bond acceptors (Lipinski definition) is 3. The molecule has 1 fully saturated rings. The van der Waals surface area contributed by atoms with Crippen molar-refractivity contribution in [3.05, 3.63) is 52.6 Å². The van der Waals surface area contributed by atoms with E-state index < -0.39 is 0 Å². The molecular weight excluding hydrogens is 331 g/mol. The van der Waals surface area contributed by atoms with Crippen LogP contribution in [0.1, 0.15) is 47.8 Å². The van der Waals surface area contributed by atoms with Crippen molar-refractivity contribution in [3.8, 4) is 0 Å². The lowest BCUT2D eigenvalue weighted by molar-refractivity contribution is -0.137. The first kappa shape index (κ1) is 18.6. The molecule has 0 aliphatic carbocycles. The summed E-state index contributed by atoms with van der Waals surface area (Å²) < 4.78 is 13.4. The van der Waals surface area contributed by atoms with Crippen LogP contribution in [0.25, 0.3) is 0 Å². The predicted molar refractivity (Wildman–Crippen MR) is 99.1 cm³/mol. The number of aromatic nitrogens is 2. The number of benzene rings is 1. The van der Waals surface area contributed by atoms with E-state index in [4.69, 9.17) is 0 Å². The summed E-state index contributed by atoms with van der Waals surface area (Å²) in [7, 11) is 1.83. The molecule has 1 aliphatic heterocycles. The van der Waals surface area contributed by atoms with Crippen molar-refractivity contribution in [1.82, 2.24) is 20.0 Å². The number of carbonyl (C=O) groups excluding carboxylic acids is 1. The average molecular weight is 358 g/mol. The fourth-order valence-electron chi connectivity index (χ4n) is 3.66. The van der Waals surface area contributed by atoms with E-state index in [1.165, 1.54) is 18.6 Å². The number of piperidine rings is 1. The summed E-state index contributed by atoms with van der Waals surface area (Å²) in [5.41, 5.74) is 3.81. The summed E-state index contributed by atoms with van der Waals surface area (Å²) >= 11 is 0. The van der Waals surface area contributed by atoms with E-state index in [0.29, 0.717) is 6.54 Å². The van der Waals surface area contributed by atoms with Crippen molar-refractivity contribution < 1.29 is 9.18 Å². The standard InChI is InChI=1S/C20H27FN4O/c1-14-18(15(2)23-22-14)13-24(3)20(26)19(25-11-5-4-6-12-25)16-7-9-17(21)10-8-16/h7-10,19H,4-6,11-13H2,1-3H3,(H,22,23)/t19-/m1/s1. The number of likely N-dealkylation sites (N-methyl/N-ethyl adjacent to an activating group) is 1. The molecule has 1 atom stereocenters. The van der Waals surface area contributed by atoms with Crippen LogP contribution in [0.2, 0.25) is 0 Å². The third-order valence-electron chi connectivity index (χ3n) is 5.23. The van der Waals surface area contributed by atoms with Crippen molar-refractivity contribution in [2.75, 3.05) is 20.1 Å². The smallest absolute Gasteiger partial charge is 0.244 e. The van der Waals surface area contributed by atoms with E-state index >= 15 is 0 Å². The van der Waals surface area contributed by atoms with Crippen LogP contribution in [-0.2, 0) is 11.3 Å². The molecule has 0 spiro atoms. The Morgan fingerprint density at radius 3 is 2.46 bits per heavy atom. The van der Waals surface area contributed by atoms with E-state index in [1.807, 2.05) is 20.9 Å². The van der Waals surface area contributed by atoms with Gasteiger partial charge in [0.25, 0.3) is 0 Å². The minimum absolute atomic E-state index is 0.0403. The fraction of sp³-hybridized carbons (Fsp3) is 0.500. The molecule has 6 heteroatoms. The number of nitrogens with one attached hydrogen (secondary N) is 1. The maximum Gasteiger partial charge on any atom is 0.244 e. The molecule has 0 radical (unpaired) electrons. The molecule has 0 saturated carbocycles. The lowest BCUT2D eigenvalue weighted by atomic mass is 10.00. The molecule has 1 aliphatic rings. The van der Waals surface area contributed by atoms with Crippen LogP contribution in [0.3, 0.4) is 0 Å². The Morgan fingerprint density at radius 1 is 1.23 bits per heavy atom. The summed E-state index contributed by atoms with van der Waals surface area (Å²) in [6, 6.07) is 5.96. The molecule has 5 nitrogen and oxygen atoms in total. The molecule has 2 heterocycles. The number of rotatable bonds is 5. The zero-order valence-electron chi connectivity index (χ0n) is 15.8. The summed E-state index contributed by atoms with van der Waals surface area (Å²) in [5, 5.41) is 7.19. The van der Waals surface area contributed by atoms with Crippen molar-refractivity contribution in [1.29, 1.82) is 0 Å². The molecule has 140 valence electrons. The number of amides is 1.